The number of amides is 2. The summed E-state index contributed by atoms with van der Waals surface area (Å²) in [5, 5.41) is 23.7. The van der Waals surface area contributed by atoms with E-state index in [0.29, 0.717) is 13.1 Å². The van der Waals surface area contributed by atoms with Gasteiger partial charge in [-0.1, -0.05) is 48.5 Å². The lowest BCUT2D eigenvalue weighted by Crippen LogP contribution is -2.54. The first-order valence-corrected chi connectivity index (χ1v) is 11.9. The number of hydrogen-bond donors (Lipinski definition) is 4. The first kappa shape index (κ1) is 24.7. The minimum Gasteiger partial charge on any atom is -0.481 e. The molecular formula is C26H31N3O6. The highest BCUT2D eigenvalue weighted by Gasteiger charge is 2.31. The lowest BCUT2D eigenvalue weighted by Gasteiger charge is -2.33. The summed E-state index contributed by atoms with van der Waals surface area (Å²) in [5.74, 6) is -1.90. The average Bonchev–Trinajstić information content (AvgIpc) is 3.16. The number of aliphatic hydroxyl groups is 1. The van der Waals surface area contributed by atoms with Gasteiger partial charge in [0.2, 0.25) is 5.91 Å². The molecule has 1 saturated heterocycles. The number of β-amino-alcohol motifs (C(OH)–C–C–N with tert-alkyl or cyclic N) is 1. The van der Waals surface area contributed by atoms with Gasteiger partial charge in [-0.3, -0.25) is 14.5 Å². The summed E-state index contributed by atoms with van der Waals surface area (Å²) in [7, 11) is 0. The van der Waals surface area contributed by atoms with Crippen LogP contribution in [0.4, 0.5) is 4.79 Å². The molecule has 2 aliphatic rings. The summed E-state index contributed by atoms with van der Waals surface area (Å²) in [5.41, 5.74) is 4.32. The summed E-state index contributed by atoms with van der Waals surface area (Å²) in [4.78, 5) is 38.8. The van der Waals surface area contributed by atoms with Crippen LogP contribution in [0.3, 0.4) is 0 Å². The number of carboxylic acids is 1. The molecule has 1 aliphatic carbocycles. The van der Waals surface area contributed by atoms with Crippen LogP contribution < -0.4 is 10.6 Å². The molecule has 2 atom stereocenters. The lowest BCUT2D eigenvalue weighted by atomic mass is 9.98. The fourth-order valence-corrected chi connectivity index (χ4v) is 4.99. The van der Waals surface area contributed by atoms with Crippen molar-refractivity contribution in [1.82, 2.24) is 15.5 Å². The summed E-state index contributed by atoms with van der Waals surface area (Å²) in [6, 6.07) is 14.5. The maximum Gasteiger partial charge on any atom is 0.407 e. The summed E-state index contributed by atoms with van der Waals surface area (Å²) in [6.07, 6.45) is 0.217. The highest BCUT2D eigenvalue weighted by molar-refractivity contribution is 5.89. The molecule has 186 valence electrons. The number of piperidine rings is 1. The van der Waals surface area contributed by atoms with E-state index in [1.54, 1.807) is 0 Å². The predicted octanol–water partition coefficient (Wildman–Crippen LogP) is 1.94. The number of aliphatic carboxylic acids is 1. The molecule has 1 heterocycles. The third kappa shape index (κ3) is 5.98. The zero-order valence-electron chi connectivity index (χ0n) is 19.5. The number of nitrogens with zero attached hydrogens (tertiary/aromatic N) is 1. The van der Waals surface area contributed by atoms with Gasteiger partial charge in [0.15, 0.2) is 0 Å². The van der Waals surface area contributed by atoms with Crippen LogP contribution >= 0.6 is 0 Å². The van der Waals surface area contributed by atoms with Crippen LogP contribution in [0.2, 0.25) is 0 Å². The Labute approximate surface area is 204 Å². The minimum atomic E-state index is -1.25. The van der Waals surface area contributed by atoms with Gasteiger partial charge >= 0.3 is 12.1 Å². The Bertz CT molecular complexity index is 1030. The highest BCUT2D eigenvalue weighted by atomic mass is 16.5. The molecule has 0 spiro atoms. The Hall–Kier alpha value is -3.43. The van der Waals surface area contributed by atoms with Gasteiger partial charge in [-0.2, -0.15) is 0 Å². The normalized spacial score (nSPS) is 18.3. The number of benzene rings is 2. The Kier molecular flexibility index (Phi) is 7.99. The number of nitrogens with one attached hydrogen (secondary N) is 2. The topological polar surface area (TPSA) is 128 Å². The third-order valence-electron chi connectivity index (χ3n) is 6.60. The monoisotopic (exact) mass is 481 g/mol. The van der Waals surface area contributed by atoms with Crippen molar-refractivity contribution < 1.29 is 29.3 Å². The summed E-state index contributed by atoms with van der Waals surface area (Å²) in [6.45, 7) is 2.02. The Morgan fingerprint density at radius 2 is 1.71 bits per heavy atom. The van der Waals surface area contributed by atoms with E-state index in [4.69, 9.17) is 9.84 Å². The molecular weight excluding hydrogens is 450 g/mol. The van der Waals surface area contributed by atoms with Crippen molar-refractivity contribution in [2.24, 2.45) is 0 Å². The fraction of sp³-hybridized carbons (Fsp3) is 0.423. The molecule has 35 heavy (non-hydrogen) atoms. The second-order valence-corrected chi connectivity index (χ2v) is 8.99. The van der Waals surface area contributed by atoms with Gasteiger partial charge in [-0.15, -0.1) is 0 Å². The molecule has 9 nitrogen and oxygen atoms in total. The van der Waals surface area contributed by atoms with Crippen LogP contribution in [-0.4, -0.2) is 78.0 Å². The predicted molar refractivity (Wildman–Crippen MR) is 129 cm³/mol. The van der Waals surface area contributed by atoms with Gasteiger partial charge < -0.3 is 25.6 Å². The number of alkyl carbamates (subject to hydrolysis) is 1. The zero-order chi connectivity index (χ0) is 24.8. The maximum atomic E-state index is 12.8. The number of likely N-dealkylation sites (tertiary alicyclic amines) is 1. The average molecular weight is 482 g/mol. The molecule has 0 saturated carbocycles. The zero-order valence-corrected chi connectivity index (χ0v) is 19.5. The minimum absolute atomic E-state index is 0.0334. The van der Waals surface area contributed by atoms with Gasteiger partial charge in [0, 0.05) is 25.0 Å². The van der Waals surface area contributed by atoms with E-state index in [-0.39, 0.29) is 25.2 Å². The smallest absolute Gasteiger partial charge is 0.407 e. The number of carbonyl (C=O) groups excluding carboxylic acids is 2. The van der Waals surface area contributed by atoms with Crippen molar-refractivity contribution in [3.63, 3.8) is 0 Å². The number of fused-ring (bicyclic) bond motifs is 3. The Morgan fingerprint density at radius 3 is 2.34 bits per heavy atom. The quantitative estimate of drug-likeness (QED) is 0.431. The van der Waals surface area contributed by atoms with Crippen molar-refractivity contribution in [3.05, 3.63) is 59.7 Å². The van der Waals surface area contributed by atoms with Gasteiger partial charge in [0.05, 0.1) is 13.0 Å². The van der Waals surface area contributed by atoms with E-state index < -0.39 is 30.4 Å². The molecule has 2 unspecified atom stereocenters. The molecule has 0 aromatic heterocycles. The van der Waals surface area contributed by atoms with E-state index in [1.807, 2.05) is 53.4 Å². The van der Waals surface area contributed by atoms with Crippen LogP contribution in [0, 0.1) is 0 Å². The molecule has 2 aromatic carbocycles. The van der Waals surface area contributed by atoms with E-state index in [9.17, 15) is 19.5 Å². The number of carboxylic acid groups (broad SMARTS) is 1. The Morgan fingerprint density at radius 1 is 1.06 bits per heavy atom. The van der Waals surface area contributed by atoms with Crippen LogP contribution in [0.25, 0.3) is 11.1 Å². The molecule has 2 amide bonds. The van der Waals surface area contributed by atoms with Crippen molar-refractivity contribution in [2.75, 3.05) is 32.8 Å². The molecule has 0 radical (unpaired) electrons. The number of hydrogen-bond acceptors (Lipinski definition) is 6. The standard InChI is InChI=1S/C26H31N3O6/c30-13-12-29-11-5-6-17(15-29)27-25(33)23(14-24(31)32)28-26(34)35-16-22-20-9-3-1-7-18(20)19-8-2-4-10-21(19)22/h1-4,7-10,17,22-23,30H,5-6,11-16H2,(H,27,33)(H,28,34)(H,31,32). The molecule has 4 rings (SSSR count). The fourth-order valence-electron chi connectivity index (χ4n) is 4.99. The van der Waals surface area contributed by atoms with Crippen molar-refractivity contribution in [3.8, 4) is 11.1 Å². The van der Waals surface area contributed by atoms with E-state index >= 15 is 0 Å². The molecule has 1 aliphatic heterocycles. The molecule has 1 fully saturated rings. The summed E-state index contributed by atoms with van der Waals surface area (Å²) >= 11 is 0. The largest absolute Gasteiger partial charge is 0.481 e. The van der Waals surface area contributed by atoms with Crippen molar-refractivity contribution in [1.29, 1.82) is 0 Å². The summed E-state index contributed by atoms with van der Waals surface area (Å²) < 4.78 is 5.48. The maximum absolute atomic E-state index is 12.8. The molecule has 0 bridgehead atoms. The first-order valence-electron chi connectivity index (χ1n) is 11.9. The highest BCUT2D eigenvalue weighted by Crippen LogP contribution is 2.44. The SMILES string of the molecule is O=C(O)CC(NC(=O)OCC1c2ccccc2-c2ccccc21)C(=O)NC1CCCN(CCO)C1. The lowest BCUT2D eigenvalue weighted by molar-refractivity contribution is -0.140. The number of rotatable bonds is 9. The van der Waals surface area contributed by atoms with Gasteiger partial charge in [-0.05, 0) is 41.6 Å². The molecule has 9 heteroatoms. The molecule has 2 aromatic rings. The number of carbonyl (C=O) groups is 3. The Balaban J connectivity index is 1.37. The van der Waals surface area contributed by atoms with Crippen LogP contribution in [0.15, 0.2) is 48.5 Å². The van der Waals surface area contributed by atoms with Gasteiger partial charge in [0.1, 0.15) is 12.6 Å². The van der Waals surface area contributed by atoms with E-state index in [2.05, 4.69) is 10.6 Å². The van der Waals surface area contributed by atoms with Crippen LogP contribution in [0.1, 0.15) is 36.3 Å². The van der Waals surface area contributed by atoms with E-state index in [1.165, 1.54) is 0 Å². The second-order valence-electron chi connectivity index (χ2n) is 8.99. The third-order valence-corrected chi connectivity index (χ3v) is 6.60. The van der Waals surface area contributed by atoms with Crippen molar-refractivity contribution in [2.45, 2.75) is 37.3 Å². The van der Waals surface area contributed by atoms with Gasteiger partial charge in [-0.25, -0.2) is 4.79 Å². The molecule has 4 N–H and O–H groups in total. The number of ether oxygens (including phenoxy) is 1. The van der Waals surface area contributed by atoms with Gasteiger partial charge in [0.25, 0.3) is 0 Å². The van der Waals surface area contributed by atoms with Crippen LogP contribution in [-0.2, 0) is 14.3 Å². The van der Waals surface area contributed by atoms with Crippen molar-refractivity contribution >= 4 is 18.0 Å². The number of aliphatic hydroxyl groups excluding tert-OH is 1. The first-order chi connectivity index (χ1) is 17.0. The van der Waals surface area contributed by atoms with Crippen LogP contribution in [0.5, 0.6) is 0 Å². The van der Waals surface area contributed by atoms with E-state index in [0.717, 1.165) is 41.6 Å². The second kappa shape index (κ2) is 11.3.